The summed E-state index contributed by atoms with van der Waals surface area (Å²) in [6, 6.07) is 2.28. The summed E-state index contributed by atoms with van der Waals surface area (Å²) >= 11 is 0. The summed E-state index contributed by atoms with van der Waals surface area (Å²) < 4.78 is 0. The monoisotopic (exact) mass is 209 g/mol. The number of carbonyl (C=O) groups excluding carboxylic acids is 1. The minimum absolute atomic E-state index is 0.0149. The van der Waals surface area contributed by atoms with Gasteiger partial charge in [-0.25, -0.2) is 0 Å². The first kappa shape index (κ1) is 12.0. The molecule has 0 bridgehead atoms. The summed E-state index contributed by atoms with van der Waals surface area (Å²) in [5, 5.41) is 14.9. The molecule has 0 aromatic carbocycles. The van der Waals surface area contributed by atoms with Crippen molar-refractivity contribution in [3.05, 3.63) is 0 Å². The van der Waals surface area contributed by atoms with E-state index in [2.05, 4.69) is 16.7 Å². The van der Waals surface area contributed by atoms with Crippen LogP contribution in [0.1, 0.15) is 33.1 Å². The normalized spacial score (nSPS) is 27.0. The third-order valence-electron chi connectivity index (χ3n) is 2.89. The molecular weight excluding hydrogens is 190 g/mol. The van der Waals surface area contributed by atoms with E-state index < -0.39 is 0 Å². The predicted octanol–water partition coefficient (Wildman–Crippen LogP) is 0.793. The molecule has 0 radical (unpaired) electrons. The molecule has 0 saturated heterocycles. The van der Waals surface area contributed by atoms with Crippen LogP contribution >= 0.6 is 0 Å². The Morgan fingerprint density at radius 2 is 2.33 bits per heavy atom. The summed E-state index contributed by atoms with van der Waals surface area (Å²) in [7, 11) is 0. The highest BCUT2D eigenvalue weighted by Crippen LogP contribution is 2.25. The van der Waals surface area contributed by atoms with E-state index >= 15 is 0 Å². The van der Waals surface area contributed by atoms with Gasteiger partial charge in [0, 0.05) is 12.6 Å². The van der Waals surface area contributed by atoms with E-state index in [0.717, 1.165) is 19.3 Å². The molecule has 0 aromatic rings. The van der Waals surface area contributed by atoms with Gasteiger partial charge in [0.05, 0.1) is 18.0 Å². The van der Waals surface area contributed by atoms with Crippen LogP contribution in [0.25, 0.3) is 0 Å². The van der Waals surface area contributed by atoms with Crippen LogP contribution in [0.5, 0.6) is 0 Å². The number of rotatable bonds is 4. The number of amides is 1. The minimum Gasteiger partial charge on any atom is -0.355 e. The number of hydrogen-bond donors (Lipinski definition) is 2. The molecule has 15 heavy (non-hydrogen) atoms. The van der Waals surface area contributed by atoms with Crippen LogP contribution in [0.4, 0.5) is 0 Å². The lowest BCUT2D eigenvalue weighted by molar-refractivity contribution is -0.122. The Morgan fingerprint density at radius 1 is 1.60 bits per heavy atom. The second-order valence-electron chi connectivity index (χ2n) is 4.06. The zero-order valence-corrected chi connectivity index (χ0v) is 9.42. The molecule has 3 atom stereocenters. The van der Waals surface area contributed by atoms with Crippen molar-refractivity contribution in [1.82, 2.24) is 10.6 Å². The van der Waals surface area contributed by atoms with Crippen LogP contribution < -0.4 is 10.6 Å². The lowest BCUT2D eigenvalue weighted by Gasteiger charge is -2.20. The van der Waals surface area contributed by atoms with Crippen molar-refractivity contribution in [3.63, 3.8) is 0 Å². The van der Waals surface area contributed by atoms with Crippen LogP contribution in [0.15, 0.2) is 0 Å². The molecule has 4 heteroatoms. The molecule has 0 spiro atoms. The highest BCUT2D eigenvalue weighted by molar-refractivity contribution is 5.81. The van der Waals surface area contributed by atoms with E-state index in [0.29, 0.717) is 6.54 Å². The summed E-state index contributed by atoms with van der Waals surface area (Å²) in [6.07, 6.45) is 3.04. The number of nitrogens with one attached hydrogen (secondary N) is 2. The fourth-order valence-corrected chi connectivity index (χ4v) is 2.04. The van der Waals surface area contributed by atoms with Gasteiger partial charge < -0.3 is 10.6 Å². The van der Waals surface area contributed by atoms with E-state index in [-0.39, 0.29) is 23.9 Å². The van der Waals surface area contributed by atoms with Crippen LogP contribution in [-0.2, 0) is 4.79 Å². The first-order valence-corrected chi connectivity index (χ1v) is 5.62. The Hall–Kier alpha value is -1.08. The van der Waals surface area contributed by atoms with Crippen molar-refractivity contribution in [2.75, 3.05) is 6.54 Å². The van der Waals surface area contributed by atoms with E-state index in [4.69, 9.17) is 5.26 Å². The van der Waals surface area contributed by atoms with E-state index in [1.54, 1.807) is 0 Å². The molecule has 1 fully saturated rings. The summed E-state index contributed by atoms with van der Waals surface area (Å²) in [4.78, 5) is 11.5. The zero-order chi connectivity index (χ0) is 11.3. The minimum atomic E-state index is -0.205. The molecule has 1 aliphatic rings. The first-order chi connectivity index (χ1) is 7.19. The van der Waals surface area contributed by atoms with Gasteiger partial charge in [-0.05, 0) is 26.7 Å². The van der Waals surface area contributed by atoms with Crippen molar-refractivity contribution in [2.24, 2.45) is 5.92 Å². The van der Waals surface area contributed by atoms with Crippen molar-refractivity contribution in [1.29, 1.82) is 5.26 Å². The fraction of sp³-hybridized carbons (Fsp3) is 0.818. The maximum atomic E-state index is 11.5. The molecular formula is C11H19N3O. The SMILES string of the molecule is CCNC(=O)C(C)NC1CCCC1C#N. The molecule has 1 aliphatic carbocycles. The van der Waals surface area contributed by atoms with E-state index in [9.17, 15) is 4.79 Å². The third-order valence-corrected chi connectivity index (χ3v) is 2.89. The molecule has 0 aromatic heterocycles. The molecule has 2 N–H and O–H groups in total. The average molecular weight is 209 g/mol. The van der Waals surface area contributed by atoms with Gasteiger partial charge in [0.25, 0.3) is 0 Å². The van der Waals surface area contributed by atoms with Gasteiger partial charge >= 0.3 is 0 Å². The fourth-order valence-electron chi connectivity index (χ4n) is 2.04. The summed E-state index contributed by atoms with van der Waals surface area (Å²) in [6.45, 7) is 4.40. The van der Waals surface area contributed by atoms with Crippen LogP contribution in [-0.4, -0.2) is 24.5 Å². The molecule has 4 nitrogen and oxygen atoms in total. The second-order valence-corrected chi connectivity index (χ2v) is 4.06. The van der Waals surface area contributed by atoms with Gasteiger partial charge in [-0.1, -0.05) is 6.42 Å². The van der Waals surface area contributed by atoms with E-state index in [1.807, 2.05) is 13.8 Å². The highest BCUT2D eigenvalue weighted by atomic mass is 16.2. The van der Waals surface area contributed by atoms with Crippen molar-refractivity contribution in [2.45, 2.75) is 45.2 Å². The van der Waals surface area contributed by atoms with Crippen LogP contribution in [0.2, 0.25) is 0 Å². The number of hydrogen-bond acceptors (Lipinski definition) is 3. The van der Waals surface area contributed by atoms with Gasteiger partial charge in [-0.3, -0.25) is 4.79 Å². The Balaban J connectivity index is 2.40. The van der Waals surface area contributed by atoms with E-state index in [1.165, 1.54) is 0 Å². The van der Waals surface area contributed by atoms with Gasteiger partial charge in [-0.2, -0.15) is 5.26 Å². The van der Waals surface area contributed by atoms with Gasteiger partial charge in [0.1, 0.15) is 0 Å². The van der Waals surface area contributed by atoms with Gasteiger partial charge in [0.2, 0.25) is 5.91 Å². The molecule has 1 rings (SSSR count). The highest BCUT2D eigenvalue weighted by Gasteiger charge is 2.29. The molecule has 0 aliphatic heterocycles. The standard InChI is InChI=1S/C11H19N3O/c1-3-13-11(15)8(2)14-10-6-4-5-9(10)7-12/h8-10,14H,3-6H2,1-2H3,(H,13,15). The molecule has 1 saturated carbocycles. The molecule has 0 heterocycles. The zero-order valence-electron chi connectivity index (χ0n) is 9.42. The maximum absolute atomic E-state index is 11.5. The van der Waals surface area contributed by atoms with Crippen molar-refractivity contribution in [3.8, 4) is 6.07 Å². The molecule has 84 valence electrons. The molecule has 1 amide bonds. The third kappa shape index (κ3) is 3.21. The number of nitriles is 1. The summed E-state index contributed by atoms with van der Waals surface area (Å²) in [5.41, 5.74) is 0. The van der Waals surface area contributed by atoms with Crippen molar-refractivity contribution >= 4 is 5.91 Å². The van der Waals surface area contributed by atoms with Crippen molar-refractivity contribution < 1.29 is 4.79 Å². The Labute approximate surface area is 91.0 Å². The summed E-state index contributed by atoms with van der Waals surface area (Å²) in [5.74, 6) is 0.0861. The lowest BCUT2D eigenvalue weighted by Crippen LogP contribution is -2.47. The van der Waals surface area contributed by atoms with Gasteiger partial charge in [-0.15, -0.1) is 0 Å². The Bertz CT molecular complexity index is 259. The topological polar surface area (TPSA) is 64.9 Å². The van der Waals surface area contributed by atoms with Crippen LogP contribution in [0, 0.1) is 17.2 Å². The predicted molar refractivity (Wildman–Crippen MR) is 58.0 cm³/mol. The maximum Gasteiger partial charge on any atom is 0.236 e. The Morgan fingerprint density at radius 3 is 2.93 bits per heavy atom. The molecule has 3 unspecified atom stereocenters. The number of likely N-dealkylation sites (N-methyl/N-ethyl adjacent to an activating group) is 1. The second kappa shape index (κ2) is 5.72. The largest absolute Gasteiger partial charge is 0.355 e. The number of nitrogens with zero attached hydrogens (tertiary/aromatic N) is 1. The Kier molecular flexibility index (Phi) is 4.57. The number of carbonyl (C=O) groups is 1. The van der Waals surface area contributed by atoms with Gasteiger partial charge in [0.15, 0.2) is 0 Å². The smallest absolute Gasteiger partial charge is 0.236 e. The first-order valence-electron chi connectivity index (χ1n) is 5.62. The van der Waals surface area contributed by atoms with Crippen LogP contribution in [0.3, 0.4) is 0 Å². The quantitative estimate of drug-likeness (QED) is 0.719. The lowest BCUT2D eigenvalue weighted by atomic mass is 10.0. The average Bonchev–Trinajstić information content (AvgIpc) is 2.65.